The number of nitrogens with one attached hydrogen (secondary N) is 3. The van der Waals surface area contributed by atoms with Crippen molar-refractivity contribution in [2.45, 2.75) is 25.8 Å². The number of carbonyl (C=O) groups excluding carboxylic acids is 2. The monoisotopic (exact) mass is 603 g/mol. The third kappa shape index (κ3) is 7.19. The van der Waals surface area contributed by atoms with Gasteiger partial charge in [0.25, 0.3) is 11.6 Å². The van der Waals surface area contributed by atoms with Gasteiger partial charge in [-0.05, 0) is 65.7 Å². The van der Waals surface area contributed by atoms with Gasteiger partial charge in [-0.2, -0.15) is 0 Å². The molecule has 0 aliphatic rings. The first-order valence-electron chi connectivity index (χ1n) is 14.2. The Bertz CT molecular complexity index is 1830. The van der Waals surface area contributed by atoms with Crippen molar-refractivity contribution in [2.24, 2.45) is 5.73 Å². The van der Waals surface area contributed by atoms with Gasteiger partial charge in [0.05, 0.1) is 12.6 Å². The molecular weight excluding hydrogens is 570 g/mol. The minimum absolute atomic E-state index is 0.103. The number of carbonyl (C=O) groups is 2. The quantitative estimate of drug-likeness (QED) is 0.0654. The maximum atomic E-state index is 14.1. The van der Waals surface area contributed by atoms with Gasteiger partial charge in [0.15, 0.2) is 11.5 Å². The van der Waals surface area contributed by atoms with E-state index in [1.54, 1.807) is 48.7 Å². The molecule has 5 rings (SSSR count). The zero-order chi connectivity index (χ0) is 31.8. The van der Waals surface area contributed by atoms with E-state index in [1.807, 2.05) is 60.7 Å². The Balaban J connectivity index is 1.49. The van der Waals surface area contributed by atoms with E-state index in [-0.39, 0.29) is 24.6 Å². The summed E-state index contributed by atoms with van der Waals surface area (Å²) in [5, 5.41) is 14.7. The van der Waals surface area contributed by atoms with Gasteiger partial charge in [-0.15, -0.1) is 0 Å². The Morgan fingerprint density at radius 1 is 0.889 bits per heavy atom. The van der Waals surface area contributed by atoms with Gasteiger partial charge in [0.1, 0.15) is 12.4 Å². The number of nitrogen functional groups attached to an aromatic ring is 1. The smallest absolute Gasteiger partial charge is 0.305 e. The van der Waals surface area contributed by atoms with Crippen LogP contribution >= 0.6 is 0 Å². The van der Waals surface area contributed by atoms with Crippen LogP contribution in [0.4, 0.5) is 5.69 Å². The molecule has 10 heteroatoms. The van der Waals surface area contributed by atoms with Crippen LogP contribution in [-0.4, -0.2) is 29.8 Å². The van der Waals surface area contributed by atoms with Crippen LogP contribution in [0.2, 0.25) is 0 Å². The van der Waals surface area contributed by atoms with Crippen molar-refractivity contribution in [2.75, 3.05) is 12.4 Å². The lowest BCUT2D eigenvalue weighted by atomic mass is 9.99. The van der Waals surface area contributed by atoms with Crippen LogP contribution in [0.15, 0.2) is 109 Å². The molecule has 0 aliphatic carbocycles. The number of aromatic nitrogens is 1. The van der Waals surface area contributed by atoms with Crippen LogP contribution in [0.3, 0.4) is 0 Å². The van der Waals surface area contributed by atoms with Crippen molar-refractivity contribution < 1.29 is 23.8 Å². The van der Waals surface area contributed by atoms with E-state index in [9.17, 15) is 9.59 Å². The van der Waals surface area contributed by atoms with Gasteiger partial charge in [0.2, 0.25) is 0 Å². The summed E-state index contributed by atoms with van der Waals surface area (Å²) in [6, 6.07) is 30.6. The van der Waals surface area contributed by atoms with Crippen molar-refractivity contribution in [3.05, 3.63) is 132 Å². The normalized spacial score (nSPS) is 12.0. The summed E-state index contributed by atoms with van der Waals surface area (Å²) in [6.45, 7) is 1.66. The number of benzene rings is 4. The van der Waals surface area contributed by atoms with Crippen molar-refractivity contribution in [1.82, 2.24) is 10.3 Å². The van der Waals surface area contributed by atoms with Gasteiger partial charge in [-0.3, -0.25) is 20.0 Å². The van der Waals surface area contributed by atoms with Crippen molar-refractivity contribution >= 4 is 34.3 Å². The molecule has 0 unspecified atom stereocenters. The predicted octanol–water partition coefficient (Wildman–Crippen LogP) is 5.25. The number of amidine groups is 1. The number of amides is 1. The molecule has 45 heavy (non-hydrogen) atoms. The molecule has 0 bridgehead atoms. The Morgan fingerprint density at radius 2 is 1.67 bits per heavy atom. The van der Waals surface area contributed by atoms with Crippen LogP contribution in [0.5, 0.6) is 11.5 Å². The molecule has 0 aliphatic heterocycles. The van der Waals surface area contributed by atoms with Gasteiger partial charge in [0, 0.05) is 41.9 Å². The number of rotatable bonds is 12. The average molecular weight is 604 g/mol. The summed E-state index contributed by atoms with van der Waals surface area (Å²) in [4.78, 5) is 31.1. The number of fused-ring (bicyclic) bond motifs is 1. The summed E-state index contributed by atoms with van der Waals surface area (Å²) in [5.41, 5.74) is 7.48. The Hall–Kier alpha value is -5.90. The van der Waals surface area contributed by atoms with Gasteiger partial charge in [-0.1, -0.05) is 48.5 Å². The van der Waals surface area contributed by atoms with Crippen molar-refractivity contribution in [3.8, 4) is 11.5 Å². The van der Waals surface area contributed by atoms with E-state index in [0.717, 1.165) is 22.0 Å². The predicted molar refractivity (Wildman–Crippen MR) is 172 cm³/mol. The summed E-state index contributed by atoms with van der Waals surface area (Å²) >= 11 is 0. The fraction of sp³-hybridized carbons (Fsp3) is 0.143. The number of anilines is 1. The van der Waals surface area contributed by atoms with E-state index in [0.29, 0.717) is 22.7 Å². The van der Waals surface area contributed by atoms with Crippen LogP contribution in [0.1, 0.15) is 29.2 Å². The molecule has 228 valence electrons. The van der Waals surface area contributed by atoms with E-state index < -0.39 is 17.6 Å². The largest absolute Gasteiger partial charge is 0.493 e. The highest BCUT2D eigenvalue weighted by Gasteiger charge is 2.45. The van der Waals surface area contributed by atoms with E-state index in [1.165, 1.54) is 14.0 Å². The number of pyridine rings is 1. The zero-order valence-corrected chi connectivity index (χ0v) is 24.9. The maximum absolute atomic E-state index is 14.1. The SMILES string of the molecule is COc1cc([C@](Nc2ccc(C(=N)N)cc2)(OC(C)=O)C(=O)NCc2ccccc2)ccc1OCc1ccc2cccnc2c1. The third-order valence-electron chi connectivity index (χ3n) is 7.06. The van der Waals surface area contributed by atoms with E-state index in [4.69, 9.17) is 25.4 Å². The maximum Gasteiger partial charge on any atom is 0.305 e. The number of hydrogen-bond donors (Lipinski definition) is 4. The molecular formula is C35H33N5O5. The lowest BCUT2D eigenvalue weighted by Crippen LogP contribution is -2.52. The zero-order valence-electron chi connectivity index (χ0n) is 24.9. The molecule has 0 saturated carbocycles. The van der Waals surface area contributed by atoms with Crippen LogP contribution in [-0.2, 0) is 33.2 Å². The molecule has 0 radical (unpaired) electrons. The van der Waals surface area contributed by atoms with Gasteiger partial charge >= 0.3 is 5.97 Å². The molecule has 10 nitrogen and oxygen atoms in total. The molecule has 0 spiro atoms. The van der Waals surface area contributed by atoms with Crippen molar-refractivity contribution in [1.29, 1.82) is 5.41 Å². The highest BCUT2D eigenvalue weighted by Crippen LogP contribution is 2.36. The van der Waals surface area contributed by atoms with E-state index >= 15 is 0 Å². The Morgan fingerprint density at radius 3 is 2.38 bits per heavy atom. The number of hydrogen-bond acceptors (Lipinski definition) is 8. The van der Waals surface area contributed by atoms with Crippen LogP contribution in [0, 0.1) is 5.41 Å². The highest BCUT2D eigenvalue weighted by atomic mass is 16.6. The van der Waals surface area contributed by atoms with Crippen molar-refractivity contribution in [3.63, 3.8) is 0 Å². The minimum Gasteiger partial charge on any atom is -0.493 e. The highest BCUT2D eigenvalue weighted by molar-refractivity contribution is 5.95. The molecule has 5 N–H and O–H groups in total. The second kappa shape index (κ2) is 13.6. The van der Waals surface area contributed by atoms with E-state index in [2.05, 4.69) is 15.6 Å². The molecule has 4 aromatic carbocycles. The second-order valence-corrected chi connectivity index (χ2v) is 10.2. The van der Waals surface area contributed by atoms with Gasteiger partial charge < -0.3 is 30.6 Å². The Labute approximate surface area is 260 Å². The summed E-state index contributed by atoms with van der Waals surface area (Å²) in [6.07, 6.45) is 1.74. The standard InChI is InChI=1S/C35H33N5O5/c1-23(41)45-35(34(42)39-21-24-7-4-3-5-8-24,40-29-15-12-27(13-16-29)33(36)37)28-14-17-31(32(20-28)43-2)44-22-25-10-11-26-9-6-18-38-30(26)19-25/h3-20,40H,21-22H2,1-2H3,(H3,36,37)(H,39,42)/t35-/m0/s1. The first-order chi connectivity index (χ1) is 21.8. The molecule has 5 aromatic rings. The number of nitrogens with zero attached hydrogens (tertiary/aromatic N) is 1. The summed E-state index contributed by atoms with van der Waals surface area (Å²) in [5.74, 6) is -0.658. The fourth-order valence-electron chi connectivity index (χ4n) is 4.81. The number of esters is 1. The first kappa shape index (κ1) is 30.6. The second-order valence-electron chi connectivity index (χ2n) is 10.2. The van der Waals surface area contributed by atoms with Gasteiger partial charge in [-0.25, -0.2) is 0 Å². The summed E-state index contributed by atoms with van der Waals surface area (Å²) in [7, 11) is 1.49. The Kier molecular flexibility index (Phi) is 9.23. The molecule has 1 amide bonds. The van der Waals surface area contributed by atoms with Crippen LogP contribution in [0.25, 0.3) is 10.9 Å². The number of methoxy groups -OCH3 is 1. The molecule has 1 heterocycles. The molecule has 0 fully saturated rings. The summed E-state index contributed by atoms with van der Waals surface area (Å²) < 4.78 is 17.6. The lowest BCUT2D eigenvalue weighted by Gasteiger charge is -2.34. The average Bonchev–Trinajstić information content (AvgIpc) is 3.06. The molecule has 1 atom stereocenters. The topological polar surface area (TPSA) is 149 Å². The number of ether oxygens (including phenoxy) is 3. The third-order valence-corrected chi connectivity index (χ3v) is 7.06. The minimum atomic E-state index is -2.01. The fourth-order valence-corrected chi connectivity index (χ4v) is 4.81. The molecule has 0 saturated heterocycles. The first-order valence-corrected chi connectivity index (χ1v) is 14.2. The number of nitrogens with two attached hydrogens (primary N) is 1. The lowest BCUT2D eigenvalue weighted by molar-refractivity contribution is -0.165. The van der Waals surface area contributed by atoms with Crippen LogP contribution < -0.4 is 25.8 Å². The molecule has 1 aromatic heterocycles.